The van der Waals surface area contributed by atoms with Gasteiger partial charge < -0.3 is 6.15 Å². The molecule has 0 saturated heterocycles. The van der Waals surface area contributed by atoms with Crippen molar-refractivity contribution in [3.05, 3.63) is 53.4 Å². The number of nitrogens with zero attached hydrogens (tertiary/aromatic N) is 4. The van der Waals surface area contributed by atoms with Crippen LogP contribution in [0.4, 0.5) is 5.82 Å². The van der Waals surface area contributed by atoms with E-state index in [4.69, 9.17) is 17.3 Å². The van der Waals surface area contributed by atoms with E-state index < -0.39 is 5.79 Å². The number of aromatic nitrogens is 2. The van der Waals surface area contributed by atoms with Gasteiger partial charge in [0.2, 0.25) is 5.79 Å². The Labute approximate surface area is 121 Å². The Morgan fingerprint density at radius 2 is 1.95 bits per heavy atom. The van der Waals surface area contributed by atoms with Crippen LogP contribution in [-0.4, -0.2) is 16.3 Å². The number of nitrogens with two attached hydrogens (primary N) is 1. The Balaban J connectivity index is 0.00000147. The normalized spacial score (nSPS) is 20.8. The monoisotopic (exact) mass is 291 g/mol. The number of rotatable bonds is 2. The van der Waals surface area contributed by atoms with Gasteiger partial charge in [0, 0.05) is 11.6 Å². The minimum atomic E-state index is -1.00. The van der Waals surface area contributed by atoms with Crippen LogP contribution in [0.2, 0.25) is 5.15 Å². The van der Waals surface area contributed by atoms with Gasteiger partial charge in [0.15, 0.2) is 5.82 Å². The van der Waals surface area contributed by atoms with E-state index in [-0.39, 0.29) is 6.15 Å². The van der Waals surface area contributed by atoms with Gasteiger partial charge in [-0.05, 0) is 0 Å². The van der Waals surface area contributed by atoms with Crippen LogP contribution in [0.25, 0.3) is 0 Å². The van der Waals surface area contributed by atoms with Crippen LogP contribution in [0, 0.1) is 0 Å². The van der Waals surface area contributed by atoms with E-state index in [1.807, 2.05) is 30.3 Å². The summed E-state index contributed by atoms with van der Waals surface area (Å²) in [6, 6.07) is 11.2. The number of benzene rings is 1. The summed E-state index contributed by atoms with van der Waals surface area (Å²) in [6.45, 7) is 0. The lowest BCUT2D eigenvalue weighted by Gasteiger charge is -2.25. The Morgan fingerprint density at radius 3 is 2.65 bits per heavy atom. The van der Waals surface area contributed by atoms with Crippen molar-refractivity contribution in [1.29, 1.82) is 0 Å². The quantitative estimate of drug-likeness (QED) is 0.721. The van der Waals surface area contributed by atoms with Gasteiger partial charge in [-0.25, -0.2) is 20.0 Å². The van der Waals surface area contributed by atoms with Crippen LogP contribution in [-0.2, 0) is 5.79 Å². The lowest BCUT2D eigenvalue weighted by atomic mass is 10.1. The van der Waals surface area contributed by atoms with E-state index in [0.29, 0.717) is 11.0 Å². The maximum absolute atomic E-state index is 6.22. The summed E-state index contributed by atoms with van der Waals surface area (Å²) in [5.74, 6) is -0.425. The highest BCUT2D eigenvalue weighted by molar-refractivity contribution is 6.29. The number of hydrogen-bond donors (Lipinski definition) is 3. The van der Waals surface area contributed by atoms with Gasteiger partial charge in [-0.1, -0.05) is 41.9 Å². The first-order valence-electron chi connectivity index (χ1n) is 5.62. The number of hydrazine groups is 1. The van der Waals surface area contributed by atoms with E-state index in [9.17, 15) is 0 Å². The van der Waals surface area contributed by atoms with Crippen LogP contribution < -0.4 is 22.3 Å². The molecule has 3 rings (SSSR count). The molecular weight excluding hydrogens is 278 g/mol. The Morgan fingerprint density at radius 1 is 1.20 bits per heavy atom. The minimum Gasteiger partial charge on any atom is -0.344 e. The van der Waals surface area contributed by atoms with Gasteiger partial charge in [-0.3, -0.25) is 5.73 Å². The Bertz CT molecular complexity index is 618. The van der Waals surface area contributed by atoms with Crippen LogP contribution >= 0.6 is 11.6 Å². The summed E-state index contributed by atoms with van der Waals surface area (Å²) in [7, 11) is 0. The molecule has 1 aliphatic heterocycles. The zero-order valence-electron chi connectivity index (χ0n) is 10.6. The van der Waals surface area contributed by atoms with Crippen LogP contribution in [0.3, 0.4) is 0 Å². The molecule has 2 aromatic rings. The standard InChI is InChI=1S/C12H11ClN6.H3N/c13-10-6-11(16-7-15-10)19-8-17-12(14,18-19)9-4-2-1-3-5-9;/h1-8,18H,14H2;1H3. The van der Waals surface area contributed by atoms with E-state index in [2.05, 4.69) is 20.4 Å². The zero-order chi connectivity index (χ0) is 13.3. The molecule has 6 N–H and O–H groups in total. The van der Waals surface area contributed by atoms with E-state index in [1.165, 1.54) is 6.33 Å². The average molecular weight is 292 g/mol. The van der Waals surface area contributed by atoms with Crippen LogP contribution in [0.5, 0.6) is 0 Å². The molecular formula is C12H14ClN7. The number of nitrogens with one attached hydrogen (secondary N) is 1. The van der Waals surface area contributed by atoms with Gasteiger partial charge >= 0.3 is 0 Å². The minimum absolute atomic E-state index is 0. The molecule has 0 amide bonds. The van der Waals surface area contributed by atoms with Gasteiger partial charge in [0.05, 0.1) is 0 Å². The summed E-state index contributed by atoms with van der Waals surface area (Å²) in [5.41, 5.74) is 10.1. The third-order valence-corrected chi connectivity index (χ3v) is 2.95. The molecule has 104 valence electrons. The highest BCUT2D eigenvalue weighted by Crippen LogP contribution is 2.23. The number of halogens is 1. The Hall–Kier alpha value is -2.06. The molecule has 1 aromatic heterocycles. The summed E-state index contributed by atoms with van der Waals surface area (Å²) in [4.78, 5) is 12.2. The lowest BCUT2D eigenvalue weighted by molar-refractivity contribution is 0.397. The topological polar surface area (TPSA) is 114 Å². The fraction of sp³-hybridized carbons (Fsp3) is 0.0833. The highest BCUT2D eigenvalue weighted by atomic mass is 35.5. The molecule has 0 bridgehead atoms. The van der Waals surface area contributed by atoms with Crippen LogP contribution in [0.15, 0.2) is 47.7 Å². The lowest BCUT2D eigenvalue weighted by Crippen LogP contribution is -2.51. The fourth-order valence-electron chi connectivity index (χ4n) is 1.79. The van der Waals surface area contributed by atoms with Crippen molar-refractivity contribution in [3.8, 4) is 0 Å². The van der Waals surface area contributed by atoms with E-state index >= 15 is 0 Å². The second-order valence-electron chi connectivity index (χ2n) is 4.06. The van der Waals surface area contributed by atoms with Gasteiger partial charge in [-0.15, -0.1) is 0 Å². The van der Waals surface area contributed by atoms with E-state index in [0.717, 1.165) is 5.56 Å². The highest BCUT2D eigenvalue weighted by Gasteiger charge is 2.33. The predicted octanol–water partition coefficient (Wildman–Crippen LogP) is 1.41. The van der Waals surface area contributed by atoms with Crippen molar-refractivity contribution in [2.24, 2.45) is 10.7 Å². The van der Waals surface area contributed by atoms with Gasteiger partial charge in [0.25, 0.3) is 0 Å². The number of hydrogen-bond acceptors (Lipinski definition) is 7. The maximum Gasteiger partial charge on any atom is 0.207 e. The van der Waals surface area contributed by atoms with Crippen molar-refractivity contribution < 1.29 is 0 Å². The molecule has 8 heteroatoms. The fourth-order valence-corrected chi connectivity index (χ4v) is 1.94. The predicted molar refractivity (Wildman–Crippen MR) is 78.5 cm³/mol. The molecule has 1 aliphatic rings. The van der Waals surface area contributed by atoms with Crippen LogP contribution in [0.1, 0.15) is 5.56 Å². The van der Waals surface area contributed by atoms with Crippen molar-refractivity contribution in [2.75, 3.05) is 5.01 Å². The first kappa shape index (κ1) is 14.4. The maximum atomic E-state index is 6.22. The summed E-state index contributed by atoms with van der Waals surface area (Å²) >= 11 is 5.83. The number of aliphatic imine (C=N–C) groups is 1. The molecule has 2 heterocycles. The second kappa shape index (κ2) is 5.51. The third kappa shape index (κ3) is 2.61. The van der Waals surface area contributed by atoms with E-state index in [1.54, 1.807) is 17.4 Å². The van der Waals surface area contributed by atoms with Crippen molar-refractivity contribution in [3.63, 3.8) is 0 Å². The number of anilines is 1. The van der Waals surface area contributed by atoms with Crippen molar-refractivity contribution in [1.82, 2.24) is 21.5 Å². The Kier molecular flexibility index (Phi) is 3.96. The molecule has 7 nitrogen and oxygen atoms in total. The zero-order valence-corrected chi connectivity index (χ0v) is 11.3. The largest absolute Gasteiger partial charge is 0.344 e. The molecule has 0 spiro atoms. The molecule has 0 fully saturated rings. The third-order valence-electron chi connectivity index (χ3n) is 2.75. The summed E-state index contributed by atoms with van der Waals surface area (Å²) in [6.07, 6.45) is 2.96. The van der Waals surface area contributed by atoms with Gasteiger partial charge in [-0.2, -0.15) is 5.43 Å². The molecule has 0 saturated carbocycles. The molecule has 1 aromatic carbocycles. The van der Waals surface area contributed by atoms with Crippen molar-refractivity contribution in [2.45, 2.75) is 5.79 Å². The molecule has 20 heavy (non-hydrogen) atoms. The summed E-state index contributed by atoms with van der Waals surface area (Å²) in [5, 5.41) is 1.97. The first-order chi connectivity index (χ1) is 9.17. The molecule has 1 unspecified atom stereocenters. The SMILES string of the molecule is N.NC1(c2ccccc2)N=CN(c2cc(Cl)ncn2)N1. The smallest absolute Gasteiger partial charge is 0.207 e. The average Bonchev–Trinajstić information content (AvgIpc) is 2.84. The molecule has 0 radical (unpaired) electrons. The van der Waals surface area contributed by atoms with Crippen molar-refractivity contribution >= 4 is 23.8 Å². The molecule has 0 aliphatic carbocycles. The van der Waals surface area contributed by atoms with Gasteiger partial charge in [0.1, 0.15) is 17.8 Å². The first-order valence-corrected chi connectivity index (χ1v) is 5.99. The summed E-state index contributed by atoms with van der Waals surface area (Å²) < 4.78 is 0. The second-order valence-corrected chi connectivity index (χ2v) is 4.44. The molecule has 1 atom stereocenters.